The van der Waals surface area contributed by atoms with Crippen LogP contribution in [-0.2, 0) is 6.42 Å². The van der Waals surface area contributed by atoms with Crippen LogP contribution in [0.15, 0.2) is 24.5 Å². The summed E-state index contributed by atoms with van der Waals surface area (Å²) in [5.74, 6) is 10.4. The molecule has 0 aromatic carbocycles. The van der Waals surface area contributed by atoms with Crippen molar-refractivity contribution < 1.29 is 0 Å². The molecule has 1 rings (SSSR count). The van der Waals surface area contributed by atoms with Crippen LogP contribution in [0.3, 0.4) is 0 Å². The van der Waals surface area contributed by atoms with Gasteiger partial charge in [0.1, 0.15) is 0 Å². The zero-order valence-electron chi connectivity index (χ0n) is 13.0. The van der Waals surface area contributed by atoms with Crippen LogP contribution in [-0.4, -0.2) is 51.0 Å². The van der Waals surface area contributed by atoms with Crippen molar-refractivity contribution in [1.82, 2.24) is 4.98 Å². The van der Waals surface area contributed by atoms with Gasteiger partial charge in [0.15, 0.2) is 0 Å². The summed E-state index contributed by atoms with van der Waals surface area (Å²) < 4.78 is 0. The van der Waals surface area contributed by atoms with Crippen molar-refractivity contribution in [3.05, 3.63) is 30.1 Å². The third-order valence-corrected chi connectivity index (χ3v) is 7.35. The molecule has 0 saturated carbocycles. The first kappa shape index (κ1) is 19.6. The minimum atomic E-state index is 1.17. The van der Waals surface area contributed by atoms with Crippen LogP contribution in [0.4, 0.5) is 0 Å². The molecule has 0 unspecified atom stereocenters. The van der Waals surface area contributed by atoms with Crippen molar-refractivity contribution in [2.45, 2.75) is 19.8 Å². The van der Waals surface area contributed by atoms with Gasteiger partial charge in [-0.05, 0) is 53.5 Å². The van der Waals surface area contributed by atoms with Crippen molar-refractivity contribution in [3.63, 3.8) is 0 Å². The molecule has 120 valence electrons. The Morgan fingerprint density at radius 1 is 0.762 bits per heavy atom. The molecule has 5 heteroatoms. The van der Waals surface area contributed by atoms with Crippen molar-refractivity contribution in [2.24, 2.45) is 0 Å². The van der Waals surface area contributed by atoms with E-state index in [0.29, 0.717) is 0 Å². The van der Waals surface area contributed by atoms with Crippen LogP contribution < -0.4 is 0 Å². The van der Waals surface area contributed by atoms with Crippen LogP contribution in [0, 0.1) is 0 Å². The van der Waals surface area contributed by atoms with Crippen LogP contribution in [0.25, 0.3) is 0 Å². The Hall–Kier alpha value is 0.550. The maximum absolute atomic E-state index is 4.05. The van der Waals surface area contributed by atoms with E-state index in [4.69, 9.17) is 0 Å². The summed E-state index contributed by atoms with van der Waals surface area (Å²) in [6.45, 7) is 2.24. The molecule has 0 radical (unpaired) electrons. The molecule has 0 aliphatic rings. The van der Waals surface area contributed by atoms with Crippen molar-refractivity contribution in [2.75, 3.05) is 46.0 Å². The second kappa shape index (κ2) is 15.4. The summed E-state index contributed by atoms with van der Waals surface area (Å²) in [4.78, 5) is 4.05. The molecule has 21 heavy (non-hydrogen) atoms. The number of pyridine rings is 1. The molecule has 1 aromatic heterocycles. The molecule has 0 fully saturated rings. The third-order valence-electron chi connectivity index (χ3n) is 2.81. The summed E-state index contributed by atoms with van der Waals surface area (Å²) in [6.07, 6.45) is 6.31. The van der Waals surface area contributed by atoms with Gasteiger partial charge in [0.2, 0.25) is 0 Å². The lowest BCUT2D eigenvalue weighted by Crippen LogP contribution is -1.94. The van der Waals surface area contributed by atoms with E-state index in [1.54, 1.807) is 0 Å². The number of rotatable bonds is 14. The first-order valence-electron chi connectivity index (χ1n) is 7.63. The van der Waals surface area contributed by atoms with E-state index in [9.17, 15) is 0 Å². The molecule has 1 heterocycles. The molecular weight excluding hydrogens is 334 g/mol. The van der Waals surface area contributed by atoms with Gasteiger partial charge < -0.3 is 0 Å². The predicted octanol–water partition coefficient (Wildman–Crippen LogP) is 4.97. The lowest BCUT2D eigenvalue weighted by Gasteiger charge is -2.03. The van der Waals surface area contributed by atoms with Gasteiger partial charge in [0.05, 0.1) is 0 Å². The van der Waals surface area contributed by atoms with Crippen molar-refractivity contribution >= 4 is 47.0 Å². The van der Waals surface area contributed by atoms with Gasteiger partial charge in [-0.3, -0.25) is 4.98 Å². The minimum absolute atomic E-state index is 1.17. The fourth-order valence-electron chi connectivity index (χ4n) is 1.69. The highest BCUT2D eigenvalue weighted by Crippen LogP contribution is 2.13. The summed E-state index contributed by atoms with van der Waals surface area (Å²) >= 11 is 8.37. The summed E-state index contributed by atoms with van der Waals surface area (Å²) in [5, 5.41) is 0. The fraction of sp³-hybridized carbons (Fsp3) is 0.688. The Labute approximate surface area is 147 Å². The quantitative estimate of drug-likeness (QED) is 0.433. The van der Waals surface area contributed by atoms with Gasteiger partial charge in [0.25, 0.3) is 0 Å². The van der Waals surface area contributed by atoms with Crippen LogP contribution >= 0.6 is 47.0 Å². The van der Waals surface area contributed by atoms with E-state index in [1.807, 2.05) is 12.4 Å². The molecule has 0 bridgehead atoms. The van der Waals surface area contributed by atoms with Gasteiger partial charge in [-0.25, -0.2) is 0 Å². The van der Waals surface area contributed by atoms with Crippen LogP contribution in [0.1, 0.15) is 18.9 Å². The first-order chi connectivity index (χ1) is 10.4. The Balaban J connectivity index is 1.75. The monoisotopic (exact) mass is 361 g/mol. The van der Waals surface area contributed by atoms with E-state index in [0.717, 1.165) is 0 Å². The third kappa shape index (κ3) is 12.8. The molecule has 1 nitrogen and oxygen atoms in total. The van der Waals surface area contributed by atoms with E-state index >= 15 is 0 Å². The average molecular weight is 362 g/mol. The fourth-order valence-corrected chi connectivity index (χ4v) is 5.74. The van der Waals surface area contributed by atoms with Gasteiger partial charge in [-0.1, -0.05) is 6.92 Å². The number of thioether (sulfide) groups is 4. The standard InChI is InChI=1S/C16H27NS4/c1-2-18-12-13-19-9-3-10-20-14-15-21-11-6-16-4-7-17-8-5-16/h4-5,7-8H,2-3,6,9-15H2,1H3. The van der Waals surface area contributed by atoms with E-state index in [2.05, 4.69) is 71.1 Å². The second-order valence-corrected chi connectivity index (χ2v) is 9.56. The Morgan fingerprint density at radius 3 is 1.95 bits per heavy atom. The van der Waals surface area contributed by atoms with Gasteiger partial charge >= 0.3 is 0 Å². The lowest BCUT2D eigenvalue weighted by molar-refractivity contribution is 1.12. The second-order valence-electron chi connectivity index (χ2n) is 4.49. The molecule has 0 spiro atoms. The summed E-state index contributed by atoms with van der Waals surface area (Å²) in [6, 6.07) is 4.23. The zero-order valence-corrected chi connectivity index (χ0v) is 16.2. The van der Waals surface area contributed by atoms with Crippen LogP contribution in [0.5, 0.6) is 0 Å². The zero-order chi connectivity index (χ0) is 15.0. The van der Waals surface area contributed by atoms with E-state index in [-0.39, 0.29) is 0 Å². The van der Waals surface area contributed by atoms with E-state index < -0.39 is 0 Å². The highest BCUT2D eigenvalue weighted by Gasteiger charge is 1.95. The van der Waals surface area contributed by atoms with Crippen molar-refractivity contribution in [3.8, 4) is 0 Å². The topological polar surface area (TPSA) is 12.9 Å². The average Bonchev–Trinajstić information content (AvgIpc) is 2.53. The number of hydrogen-bond acceptors (Lipinski definition) is 5. The molecule has 0 N–H and O–H groups in total. The smallest absolute Gasteiger partial charge is 0.0270 e. The molecule has 0 aliphatic carbocycles. The highest BCUT2D eigenvalue weighted by molar-refractivity contribution is 8.03. The van der Waals surface area contributed by atoms with Gasteiger partial charge in [-0.2, -0.15) is 47.0 Å². The molecule has 0 saturated heterocycles. The normalized spacial score (nSPS) is 10.9. The number of aromatic nitrogens is 1. The SMILES string of the molecule is CCSCCSCCCSCCSCCc1ccncc1. The number of hydrogen-bond donors (Lipinski definition) is 0. The Kier molecular flexibility index (Phi) is 14.4. The van der Waals surface area contributed by atoms with E-state index in [1.165, 1.54) is 64.4 Å². The maximum Gasteiger partial charge on any atom is 0.0270 e. The molecule has 1 aromatic rings. The number of nitrogens with zero attached hydrogens (tertiary/aromatic N) is 1. The van der Waals surface area contributed by atoms with Crippen molar-refractivity contribution in [1.29, 1.82) is 0 Å². The Morgan fingerprint density at radius 2 is 1.33 bits per heavy atom. The molecule has 0 amide bonds. The summed E-state index contributed by atoms with van der Waals surface area (Å²) in [7, 11) is 0. The number of aryl methyl sites for hydroxylation is 1. The van der Waals surface area contributed by atoms with Gasteiger partial charge in [-0.15, -0.1) is 0 Å². The van der Waals surface area contributed by atoms with Gasteiger partial charge in [0, 0.05) is 35.4 Å². The predicted molar refractivity (Wildman–Crippen MR) is 108 cm³/mol. The maximum atomic E-state index is 4.05. The molecular formula is C16H27NS4. The molecule has 0 atom stereocenters. The largest absolute Gasteiger partial charge is 0.265 e. The molecule has 0 aliphatic heterocycles. The lowest BCUT2D eigenvalue weighted by atomic mass is 10.2. The first-order valence-corrected chi connectivity index (χ1v) is 12.2. The van der Waals surface area contributed by atoms with Crippen LogP contribution in [0.2, 0.25) is 0 Å². The minimum Gasteiger partial charge on any atom is -0.265 e. The summed E-state index contributed by atoms with van der Waals surface area (Å²) in [5.41, 5.74) is 1.41. The Bertz CT molecular complexity index is 321. The highest BCUT2D eigenvalue weighted by atomic mass is 32.2.